The Hall–Kier alpha value is -0.320. The zero-order chi connectivity index (χ0) is 13.9. The van der Waals surface area contributed by atoms with Crippen LogP contribution in [0, 0.1) is 11.8 Å². The SMILES string of the molecule is CC(C)CC1CCCN(C(=O)C2(N)CCOCC2)C1.Cl. The van der Waals surface area contributed by atoms with Gasteiger partial charge in [0, 0.05) is 26.3 Å². The Morgan fingerprint density at radius 2 is 2.05 bits per heavy atom. The van der Waals surface area contributed by atoms with Crippen LogP contribution in [0.5, 0.6) is 0 Å². The van der Waals surface area contributed by atoms with Crippen molar-refractivity contribution in [2.24, 2.45) is 17.6 Å². The highest BCUT2D eigenvalue weighted by molar-refractivity contribution is 5.86. The Morgan fingerprint density at radius 3 is 2.65 bits per heavy atom. The average Bonchev–Trinajstić information content (AvgIpc) is 2.38. The van der Waals surface area contributed by atoms with Crippen molar-refractivity contribution >= 4 is 18.3 Å². The number of carbonyl (C=O) groups excluding carboxylic acids is 1. The molecule has 1 atom stereocenters. The Morgan fingerprint density at radius 1 is 1.40 bits per heavy atom. The van der Waals surface area contributed by atoms with Crippen LogP contribution < -0.4 is 5.73 Å². The number of likely N-dealkylation sites (tertiary alicyclic amines) is 1. The number of rotatable bonds is 3. The lowest BCUT2D eigenvalue weighted by molar-refractivity contribution is -0.142. The Balaban J connectivity index is 0.00000200. The first kappa shape index (κ1) is 17.7. The lowest BCUT2D eigenvalue weighted by Gasteiger charge is -2.40. The van der Waals surface area contributed by atoms with Gasteiger partial charge in [0.2, 0.25) is 5.91 Å². The van der Waals surface area contributed by atoms with Gasteiger partial charge in [-0.2, -0.15) is 0 Å². The summed E-state index contributed by atoms with van der Waals surface area (Å²) in [6.07, 6.45) is 4.91. The third kappa shape index (κ3) is 4.34. The minimum Gasteiger partial charge on any atom is -0.381 e. The lowest BCUT2D eigenvalue weighted by atomic mass is 9.86. The number of ether oxygens (including phenoxy) is 1. The molecule has 4 nitrogen and oxygen atoms in total. The van der Waals surface area contributed by atoms with E-state index in [-0.39, 0.29) is 18.3 Å². The number of halogens is 1. The molecule has 2 fully saturated rings. The van der Waals surface area contributed by atoms with Crippen LogP contribution in [0.15, 0.2) is 0 Å². The fourth-order valence-corrected chi connectivity index (χ4v) is 3.37. The summed E-state index contributed by atoms with van der Waals surface area (Å²) in [4.78, 5) is 14.7. The van der Waals surface area contributed by atoms with Gasteiger partial charge in [-0.15, -0.1) is 12.4 Å². The van der Waals surface area contributed by atoms with Gasteiger partial charge in [-0.25, -0.2) is 0 Å². The molecule has 2 aliphatic rings. The zero-order valence-electron chi connectivity index (χ0n) is 12.8. The molecule has 0 bridgehead atoms. The van der Waals surface area contributed by atoms with Gasteiger partial charge in [-0.05, 0) is 43.9 Å². The van der Waals surface area contributed by atoms with E-state index in [4.69, 9.17) is 10.5 Å². The molecule has 20 heavy (non-hydrogen) atoms. The van der Waals surface area contributed by atoms with E-state index in [1.807, 2.05) is 4.90 Å². The molecule has 1 amide bonds. The van der Waals surface area contributed by atoms with E-state index in [9.17, 15) is 4.79 Å². The second-order valence-corrected chi connectivity index (χ2v) is 6.66. The van der Waals surface area contributed by atoms with Gasteiger partial charge in [0.15, 0.2) is 0 Å². The second kappa shape index (κ2) is 7.62. The highest BCUT2D eigenvalue weighted by Crippen LogP contribution is 2.27. The fourth-order valence-electron chi connectivity index (χ4n) is 3.37. The van der Waals surface area contributed by atoms with Crippen molar-refractivity contribution in [3.63, 3.8) is 0 Å². The number of nitrogens with two attached hydrogens (primary N) is 1. The molecular weight excluding hydrogens is 276 g/mol. The van der Waals surface area contributed by atoms with Gasteiger partial charge in [0.1, 0.15) is 0 Å². The third-order valence-corrected chi connectivity index (χ3v) is 4.42. The summed E-state index contributed by atoms with van der Waals surface area (Å²) in [5, 5.41) is 0. The molecule has 2 aliphatic heterocycles. The number of piperidine rings is 1. The minimum atomic E-state index is -0.669. The fraction of sp³-hybridized carbons (Fsp3) is 0.933. The van der Waals surface area contributed by atoms with Crippen molar-refractivity contribution in [2.45, 2.75) is 51.5 Å². The molecule has 0 aromatic carbocycles. The maximum Gasteiger partial charge on any atom is 0.242 e. The second-order valence-electron chi connectivity index (χ2n) is 6.66. The van der Waals surface area contributed by atoms with Crippen LogP contribution in [-0.4, -0.2) is 42.6 Å². The van der Waals surface area contributed by atoms with Crippen molar-refractivity contribution in [1.29, 1.82) is 0 Å². The van der Waals surface area contributed by atoms with E-state index < -0.39 is 5.54 Å². The van der Waals surface area contributed by atoms with Gasteiger partial charge in [0.05, 0.1) is 5.54 Å². The topological polar surface area (TPSA) is 55.6 Å². The van der Waals surface area contributed by atoms with Crippen molar-refractivity contribution in [3.05, 3.63) is 0 Å². The molecule has 2 saturated heterocycles. The number of nitrogens with zero attached hydrogens (tertiary/aromatic N) is 1. The summed E-state index contributed by atoms with van der Waals surface area (Å²) in [6, 6.07) is 0. The van der Waals surface area contributed by atoms with E-state index in [0.717, 1.165) is 19.5 Å². The van der Waals surface area contributed by atoms with Crippen molar-refractivity contribution in [1.82, 2.24) is 4.90 Å². The third-order valence-electron chi connectivity index (χ3n) is 4.42. The number of carbonyl (C=O) groups is 1. The Labute approximate surface area is 128 Å². The van der Waals surface area contributed by atoms with Crippen LogP contribution in [0.4, 0.5) is 0 Å². The van der Waals surface area contributed by atoms with Gasteiger partial charge in [-0.1, -0.05) is 13.8 Å². The molecule has 0 radical (unpaired) electrons. The Bertz CT molecular complexity index is 317. The molecule has 0 saturated carbocycles. The lowest BCUT2D eigenvalue weighted by Crippen LogP contribution is -2.59. The quantitative estimate of drug-likeness (QED) is 0.869. The highest BCUT2D eigenvalue weighted by Gasteiger charge is 2.40. The van der Waals surface area contributed by atoms with Gasteiger partial charge in [0.25, 0.3) is 0 Å². The summed E-state index contributed by atoms with van der Waals surface area (Å²) < 4.78 is 5.33. The van der Waals surface area contributed by atoms with Gasteiger partial charge >= 0.3 is 0 Å². The first-order valence-corrected chi connectivity index (χ1v) is 7.67. The molecule has 2 N–H and O–H groups in total. The molecule has 1 unspecified atom stereocenters. The van der Waals surface area contributed by atoms with E-state index in [1.54, 1.807) is 0 Å². The highest BCUT2D eigenvalue weighted by atomic mass is 35.5. The molecule has 118 valence electrons. The molecule has 5 heteroatoms. The van der Waals surface area contributed by atoms with Gasteiger partial charge < -0.3 is 15.4 Å². The van der Waals surface area contributed by atoms with Crippen LogP contribution in [0.2, 0.25) is 0 Å². The van der Waals surface area contributed by atoms with E-state index in [1.165, 1.54) is 12.8 Å². The molecule has 0 aromatic rings. The number of amides is 1. The molecule has 0 aromatic heterocycles. The van der Waals surface area contributed by atoms with Crippen molar-refractivity contribution in [3.8, 4) is 0 Å². The molecular formula is C15H29ClN2O2. The largest absolute Gasteiger partial charge is 0.381 e. The Kier molecular flexibility index (Phi) is 6.76. The average molecular weight is 305 g/mol. The minimum absolute atomic E-state index is 0. The summed E-state index contributed by atoms with van der Waals surface area (Å²) in [5.74, 6) is 1.51. The molecule has 0 aliphatic carbocycles. The monoisotopic (exact) mass is 304 g/mol. The van der Waals surface area contributed by atoms with Crippen molar-refractivity contribution < 1.29 is 9.53 Å². The first-order valence-electron chi connectivity index (χ1n) is 7.67. The predicted octanol–water partition coefficient (Wildman–Crippen LogP) is 2.20. The zero-order valence-corrected chi connectivity index (χ0v) is 13.6. The molecule has 0 spiro atoms. The standard InChI is InChI=1S/C15H28N2O2.ClH/c1-12(2)10-13-4-3-7-17(11-13)14(18)15(16)5-8-19-9-6-15;/h12-13H,3-11,16H2,1-2H3;1H. The van der Waals surface area contributed by atoms with Crippen LogP contribution in [0.1, 0.15) is 46.0 Å². The van der Waals surface area contributed by atoms with Crippen LogP contribution in [0.25, 0.3) is 0 Å². The maximum absolute atomic E-state index is 12.7. The van der Waals surface area contributed by atoms with Gasteiger partial charge in [-0.3, -0.25) is 4.79 Å². The van der Waals surface area contributed by atoms with Crippen LogP contribution >= 0.6 is 12.4 Å². The van der Waals surface area contributed by atoms with E-state index >= 15 is 0 Å². The number of hydrogen-bond donors (Lipinski definition) is 1. The van der Waals surface area contributed by atoms with E-state index in [0.29, 0.717) is 37.9 Å². The summed E-state index contributed by atoms with van der Waals surface area (Å²) >= 11 is 0. The smallest absolute Gasteiger partial charge is 0.242 e. The normalized spacial score (nSPS) is 26.2. The maximum atomic E-state index is 12.7. The van der Waals surface area contributed by atoms with Crippen LogP contribution in [-0.2, 0) is 9.53 Å². The summed E-state index contributed by atoms with van der Waals surface area (Å²) in [7, 11) is 0. The van der Waals surface area contributed by atoms with E-state index in [2.05, 4.69) is 13.8 Å². The predicted molar refractivity (Wildman–Crippen MR) is 83.0 cm³/mol. The van der Waals surface area contributed by atoms with Crippen molar-refractivity contribution in [2.75, 3.05) is 26.3 Å². The summed E-state index contributed by atoms with van der Waals surface area (Å²) in [6.45, 7) is 7.52. The number of hydrogen-bond acceptors (Lipinski definition) is 3. The summed E-state index contributed by atoms with van der Waals surface area (Å²) in [5.41, 5.74) is 5.64. The first-order chi connectivity index (χ1) is 9.01. The molecule has 2 rings (SSSR count). The van der Waals surface area contributed by atoms with Crippen LogP contribution in [0.3, 0.4) is 0 Å². The molecule has 2 heterocycles.